The Morgan fingerprint density at radius 1 is 1.17 bits per heavy atom. The van der Waals surface area contributed by atoms with Gasteiger partial charge in [0.1, 0.15) is 0 Å². The van der Waals surface area contributed by atoms with Crippen molar-refractivity contribution in [3.63, 3.8) is 0 Å². The number of aryl methyl sites for hydroxylation is 1. The van der Waals surface area contributed by atoms with Crippen LogP contribution < -0.4 is 5.19 Å². The van der Waals surface area contributed by atoms with Crippen LogP contribution in [-0.2, 0) is 6.42 Å². The predicted molar refractivity (Wildman–Crippen MR) is 59.2 cm³/mol. The molecule has 1 rings (SSSR count). The maximum absolute atomic E-state index is 2.28. The molecule has 0 aliphatic rings. The van der Waals surface area contributed by atoms with E-state index in [4.69, 9.17) is 0 Å². The zero-order chi connectivity index (χ0) is 8.81. The summed E-state index contributed by atoms with van der Waals surface area (Å²) in [6.07, 6.45) is 5.34. The maximum atomic E-state index is 2.28. The Balaban J connectivity index is 2.46. The molecule has 0 nitrogen and oxygen atoms in total. The summed E-state index contributed by atoms with van der Waals surface area (Å²) >= 11 is 0. The van der Waals surface area contributed by atoms with Gasteiger partial charge in [-0.1, -0.05) is 49.2 Å². The van der Waals surface area contributed by atoms with E-state index in [1.165, 1.54) is 35.9 Å². The van der Waals surface area contributed by atoms with E-state index in [1.807, 2.05) is 0 Å². The molecule has 0 saturated carbocycles. The molecule has 0 aliphatic carbocycles. The Labute approximate surface area is 78.4 Å². The van der Waals surface area contributed by atoms with Gasteiger partial charge in [-0.2, -0.15) is 0 Å². The Bertz CT molecular complexity index is 230. The van der Waals surface area contributed by atoms with Gasteiger partial charge in [0, 0.05) is 10.2 Å². The highest BCUT2D eigenvalue weighted by Gasteiger charge is 1.94. The molecule has 1 aromatic carbocycles. The number of hydrogen-bond donors (Lipinski definition) is 0. The van der Waals surface area contributed by atoms with Crippen LogP contribution in [0.1, 0.15) is 31.7 Å². The van der Waals surface area contributed by atoms with Gasteiger partial charge >= 0.3 is 0 Å². The lowest BCUT2D eigenvalue weighted by atomic mass is 10.1. The normalized spacial score (nSPS) is 10.4. The van der Waals surface area contributed by atoms with E-state index in [2.05, 4.69) is 31.2 Å². The van der Waals surface area contributed by atoms with Gasteiger partial charge in [0.25, 0.3) is 0 Å². The average molecular weight is 178 g/mol. The molecule has 1 heteroatoms. The molecule has 12 heavy (non-hydrogen) atoms. The van der Waals surface area contributed by atoms with Gasteiger partial charge in [-0.05, 0) is 18.4 Å². The summed E-state index contributed by atoms with van der Waals surface area (Å²) in [5.74, 6) is 0. The largest absolute Gasteiger partial charge is 0.0676 e. The van der Waals surface area contributed by atoms with E-state index in [1.54, 1.807) is 10.8 Å². The zero-order valence-corrected chi connectivity index (χ0v) is 10.1. The van der Waals surface area contributed by atoms with Crippen molar-refractivity contribution in [1.29, 1.82) is 0 Å². The fourth-order valence-electron chi connectivity index (χ4n) is 1.46. The second-order valence-electron chi connectivity index (χ2n) is 3.38. The first kappa shape index (κ1) is 9.52. The highest BCUT2D eigenvalue weighted by Crippen LogP contribution is 2.03. The van der Waals surface area contributed by atoms with Crippen LogP contribution in [0, 0.1) is 0 Å². The topological polar surface area (TPSA) is 0 Å². The zero-order valence-electron chi connectivity index (χ0n) is 8.14. The van der Waals surface area contributed by atoms with Gasteiger partial charge in [0.05, 0.1) is 0 Å². The summed E-state index contributed by atoms with van der Waals surface area (Å²) in [5, 5.41) is 1.58. The lowest BCUT2D eigenvalue weighted by Gasteiger charge is -2.03. The van der Waals surface area contributed by atoms with E-state index in [0.29, 0.717) is 0 Å². The Kier molecular flexibility index (Phi) is 4.09. The van der Waals surface area contributed by atoms with Gasteiger partial charge in [-0.25, -0.2) is 0 Å². The number of unbranched alkanes of at least 4 members (excludes halogenated alkanes) is 2. The van der Waals surface area contributed by atoms with Crippen molar-refractivity contribution in [3.8, 4) is 0 Å². The van der Waals surface area contributed by atoms with Crippen LogP contribution in [0.25, 0.3) is 0 Å². The quantitative estimate of drug-likeness (QED) is 0.483. The molecule has 0 saturated heterocycles. The molecule has 0 amide bonds. The third kappa shape index (κ3) is 2.82. The maximum Gasteiger partial charge on any atom is 0.0388 e. The van der Waals surface area contributed by atoms with E-state index >= 15 is 0 Å². The van der Waals surface area contributed by atoms with Crippen LogP contribution in [0.3, 0.4) is 0 Å². The third-order valence-electron chi connectivity index (χ3n) is 2.31. The van der Waals surface area contributed by atoms with Crippen LogP contribution in [0.2, 0.25) is 0 Å². The van der Waals surface area contributed by atoms with Gasteiger partial charge < -0.3 is 0 Å². The van der Waals surface area contributed by atoms with Gasteiger partial charge in [-0.3, -0.25) is 0 Å². The van der Waals surface area contributed by atoms with E-state index < -0.39 is 0 Å². The van der Waals surface area contributed by atoms with E-state index in [-0.39, 0.29) is 0 Å². The Morgan fingerprint density at radius 2 is 1.92 bits per heavy atom. The molecule has 1 aromatic rings. The van der Waals surface area contributed by atoms with E-state index in [0.717, 1.165) is 0 Å². The molecule has 0 atom stereocenters. The predicted octanol–water partition coefficient (Wildman–Crippen LogP) is 1.41. The Morgan fingerprint density at radius 3 is 2.58 bits per heavy atom. The average Bonchev–Trinajstić information content (AvgIpc) is 2.09. The van der Waals surface area contributed by atoms with Crippen LogP contribution in [-0.4, -0.2) is 10.2 Å². The Hall–Kier alpha value is -0.563. The lowest BCUT2D eigenvalue weighted by molar-refractivity contribution is 0.719. The smallest absolute Gasteiger partial charge is 0.0388 e. The lowest BCUT2D eigenvalue weighted by Crippen LogP contribution is -2.09. The molecule has 66 valence electrons. The first-order valence-corrected chi connectivity index (χ1v) is 5.89. The van der Waals surface area contributed by atoms with E-state index in [9.17, 15) is 0 Å². The van der Waals surface area contributed by atoms with Gasteiger partial charge in [0.2, 0.25) is 0 Å². The minimum atomic E-state index is 1.19. The summed E-state index contributed by atoms with van der Waals surface area (Å²) in [6.45, 7) is 2.26. The number of rotatable bonds is 4. The molecule has 0 spiro atoms. The summed E-state index contributed by atoms with van der Waals surface area (Å²) < 4.78 is 0. The minimum Gasteiger partial charge on any atom is -0.0676 e. The minimum absolute atomic E-state index is 1.19. The highest BCUT2D eigenvalue weighted by atomic mass is 28.1. The molecule has 0 aromatic heterocycles. The molecule has 0 aliphatic heterocycles. The van der Waals surface area contributed by atoms with Crippen molar-refractivity contribution in [1.82, 2.24) is 0 Å². The van der Waals surface area contributed by atoms with Crippen molar-refractivity contribution in [3.05, 3.63) is 29.8 Å². The van der Waals surface area contributed by atoms with Crippen LogP contribution >= 0.6 is 0 Å². The van der Waals surface area contributed by atoms with Crippen LogP contribution in [0.5, 0.6) is 0 Å². The summed E-state index contributed by atoms with van der Waals surface area (Å²) in [5.41, 5.74) is 1.58. The molecule has 0 unspecified atom stereocenters. The molecule has 0 N–H and O–H groups in total. The third-order valence-corrected chi connectivity index (χ3v) is 3.29. The SMILES string of the molecule is CCCCCc1ccccc1[SiH3]. The van der Waals surface area contributed by atoms with Gasteiger partial charge in [-0.15, -0.1) is 0 Å². The molecular formula is C11H18Si. The summed E-state index contributed by atoms with van der Waals surface area (Å²) in [6, 6.07) is 8.83. The molecule has 0 radical (unpaired) electrons. The second-order valence-corrected chi connectivity index (χ2v) is 4.46. The first-order chi connectivity index (χ1) is 5.84. The monoisotopic (exact) mass is 178 g/mol. The fraction of sp³-hybridized carbons (Fsp3) is 0.455. The second kappa shape index (κ2) is 5.15. The van der Waals surface area contributed by atoms with Gasteiger partial charge in [0.15, 0.2) is 0 Å². The van der Waals surface area contributed by atoms with Crippen LogP contribution in [0.4, 0.5) is 0 Å². The number of benzene rings is 1. The number of hydrogen-bond acceptors (Lipinski definition) is 0. The first-order valence-electron chi connectivity index (χ1n) is 4.89. The van der Waals surface area contributed by atoms with Crippen molar-refractivity contribution in [2.75, 3.05) is 0 Å². The van der Waals surface area contributed by atoms with Crippen molar-refractivity contribution >= 4 is 15.4 Å². The van der Waals surface area contributed by atoms with Crippen molar-refractivity contribution in [2.45, 2.75) is 32.6 Å². The van der Waals surface area contributed by atoms with Crippen LogP contribution in [0.15, 0.2) is 24.3 Å². The summed E-state index contributed by atoms with van der Waals surface area (Å²) in [4.78, 5) is 0. The molecule has 0 fully saturated rings. The highest BCUT2D eigenvalue weighted by molar-refractivity contribution is 6.33. The molecule has 0 bridgehead atoms. The summed E-state index contributed by atoms with van der Waals surface area (Å²) in [7, 11) is 1.19. The van der Waals surface area contributed by atoms with Crippen molar-refractivity contribution < 1.29 is 0 Å². The molecule has 0 heterocycles. The standard InChI is InChI=1S/C11H18Si/c1-2-3-4-7-10-8-5-6-9-11(10)12/h5-6,8-9H,2-4,7H2,1,12H3. The van der Waals surface area contributed by atoms with Crippen molar-refractivity contribution in [2.24, 2.45) is 0 Å². The molecular weight excluding hydrogens is 160 g/mol. The fourth-order valence-corrected chi connectivity index (χ4v) is 2.07.